The van der Waals surface area contributed by atoms with Gasteiger partial charge in [0.05, 0.1) is 0 Å². The average molecular weight is 631 g/mol. The molecule has 0 nitrogen and oxygen atoms in total. The first-order valence-corrected chi connectivity index (χ1v) is 17.7. The van der Waals surface area contributed by atoms with Crippen LogP contribution in [0.1, 0.15) is 39.8 Å². The molecule has 0 unspecified atom stereocenters. The number of halogens is 2. The standard InChI is InChI=1S/C15H13.C14H14Si.C5H5.2ClH.Zr/c1-10-3-5-14-12(7-10)9-13-8-11(2)4-6-15(13)14;1-11-5-3-7-13(9-11)15-14-8-4-6-12(2)10-14;1-2-4-5-3-1;;;/h3-7H,9H2,1-2H3;3-10H,1-2H3;1-3H,4H2;2*1H;/q-1;;-1;;;+2/p-2. The summed E-state index contributed by atoms with van der Waals surface area (Å²) >= 11 is 1.65. The van der Waals surface area contributed by atoms with Crippen molar-refractivity contribution in [2.45, 2.75) is 40.5 Å². The molecule has 0 aliphatic heterocycles. The summed E-state index contributed by atoms with van der Waals surface area (Å²) in [5.74, 6) is 0. The monoisotopic (exact) mass is 628 g/mol. The predicted molar refractivity (Wildman–Crippen MR) is 152 cm³/mol. The van der Waals surface area contributed by atoms with Gasteiger partial charge in [-0.1, -0.05) is 36.2 Å². The first kappa shape index (κ1) is 32.3. The minimum absolute atomic E-state index is 0. The molecule has 0 radical (unpaired) electrons. The van der Waals surface area contributed by atoms with Crippen LogP contribution in [0.3, 0.4) is 0 Å². The zero-order chi connectivity index (χ0) is 25.5. The van der Waals surface area contributed by atoms with Crippen LogP contribution in [0.15, 0.2) is 97.1 Å². The summed E-state index contributed by atoms with van der Waals surface area (Å²) in [5.41, 5.74) is 10.4. The van der Waals surface area contributed by atoms with Gasteiger partial charge in [-0.25, -0.2) is 12.2 Å². The Bertz CT molecular complexity index is 1350. The molecule has 6 rings (SSSR count). The maximum Gasteiger partial charge on any atom is -0.109 e. The van der Waals surface area contributed by atoms with Crippen molar-refractivity contribution in [3.63, 3.8) is 0 Å². The molecule has 0 atom stereocenters. The SMILES string of the molecule is Cc1[c-]c2c(cc1)-c1ccc(C)cc1C2.Cc1cccc([Si](=[Zr+2])c2cccc(C)c2)c1.[C-]1=CC=CC1.[Cl-].[Cl-]. The van der Waals surface area contributed by atoms with Gasteiger partial charge in [-0.3, -0.25) is 6.08 Å². The molecule has 192 valence electrons. The van der Waals surface area contributed by atoms with E-state index in [1.54, 1.807) is 23.3 Å². The second-order valence-electron chi connectivity index (χ2n) is 9.49. The van der Waals surface area contributed by atoms with Crippen molar-refractivity contribution < 1.29 is 48.1 Å². The Kier molecular flexibility index (Phi) is 13.2. The van der Waals surface area contributed by atoms with E-state index in [9.17, 15) is 0 Å². The van der Waals surface area contributed by atoms with Crippen LogP contribution in [-0.2, 0) is 29.8 Å². The molecule has 0 saturated heterocycles. The summed E-state index contributed by atoms with van der Waals surface area (Å²) in [6, 6.07) is 32.5. The van der Waals surface area contributed by atoms with Gasteiger partial charge in [-0.2, -0.15) is 29.8 Å². The fraction of sp³-hybridized carbons (Fsp3) is 0.176. The summed E-state index contributed by atoms with van der Waals surface area (Å²) in [6.45, 7) is 8.60. The topological polar surface area (TPSA) is 0 Å². The molecule has 2 aliphatic rings. The summed E-state index contributed by atoms with van der Waals surface area (Å²) in [7, 11) is 0. The van der Waals surface area contributed by atoms with Crippen molar-refractivity contribution in [3.05, 3.63) is 143 Å². The van der Waals surface area contributed by atoms with Crippen molar-refractivity contribution in [3.8, 4) is 11.1 Å². The largest absolute Gasteiger partial charge is 1.00 e. The summed E-state index contributed by atoms with van der Waals surface area (Å²) < 4.78 is 0. The van der Waals surface area contributed by atoms with Crippen LogP contribution in [0, 0.1) is 39.8 Å². The van der Waals surface area contributed by atoms with Crippen LogP contribution in [0.4, 0.5) is 0 Å². The van der Waals surface area contributed by atoms with E-state index < -0.39 is 5.43 Å². The molecule has 38 heavy (non-hydrogen) atoms. The fourth-order valence-corrected chi connectivity index (χ4v) is 8.37. The van der Waals surface area contributed by atoms with E-state index in [0.29, 0.717) is 0 Å². The molecule has 0 fully saturated rings. The molecule has 0 N–H and O–H groups in total. The van der Waals surface area contributed by atoms with Crippen molar-refractivity contribution >= 4 is 15.8 Å². The molecule has 4 aromatic carbocycles. The summed E-state index contributed by atoms with van der Waals surface area (Å²) in [5, 5.41) is 3.07. The van der Waals surface area contributed by atoms with Gasteiger partial charge in [0.25, 0.3) is 0 Å². The van der Waals surface area contributed by atoms with Crippen LogP contribution in [0.25, 0.3) is 11.1 Å². The van der Waals surface area contributed by atoms with Crippen LogP contribution < -0.4 is 35.2 Å². The van der Waals surface area contributed by atoms with E-state index >= 15 is 0 Å². The first-order valence-electron chi connectivity index (χ1n) is 12.5. The number of fused-ring (bicyclic) bond motifs is 3. The van der Waals surface area contributed by atoms with E-state index in [2.05, 4.69) is 125 Å². The third-order valence-corrected chi connectivity index (χ3v) is 12.3. The Morgan fingerprint density at radius 1 is 0.711 bits per heavy atom. The predicted octanol–water partition coefficient (Wildman–Crippen LogP) is 0.944. The van der Waals surface area contributed by atoms with Gasteiger partial charge in [0.1, 0.15) is 0 Å². The van der Waals surface area contributed by atoms with Crippen LogP contribution in [-0.4, -0.2) is 5.43 Å². The second kappa shape index (κ2) is 15.6. The molecule has 4 heteroatoms. The third-order valence-electron chi connectivity index (χ3n) is 6.29. The minimum Gasteiger partial charge on any atom is -1.00 e. The normalized spacial score (nSPS) is 11.5. The number of hydrogen-bond donors (Lipinski definition) is 0. The Morgan fingerprint density at radius 2 is 1.32 bits per heavy atom. The van der Waals surface area contributed by atoms with Crippen molar-refractivity contribution in [1.82, 2.24) is 0 Å². The third kappa shape index (κ3) is 8.78. The van der Waals surface area contributed by atoms with Gasteiger partial charge in [0.2, 0.25) is 0 Å². The Balaban J connectivity index is 0.000000216. The fourth-order valence-electron chi connectivity index (χ4n) is 4.48. The number of hydrogen-bond acceptors (Lipinski definition) is 0. The molecule has 2 aliphatic carbocycles. The van der Waals surface area contributed by atoms with Gasteiger partial charge < -0.3 is 24.8 Å². The average Bonchev–Trinajstić information content (AvgIpc) is 3.55. The molecule has 0 saturated carbocycles. The van der Waals surface area contributed by atoms with Gasteiger partial charge in [-0.05, 0) is 18.9 Å². The zero-order valence-corrected chi connectivity index (χ0v) is 27.4. The van der Waals surface area contributed by atoms with Crippen LogP contribution >= 0.6 is 0 Å². The first-order chi connectivity index (χ1) is 17.4. The molecular formula is C34H32Cl2SiZr-2. The van der Waals surface area contributed by atoms with Gasteiger partial charge in [-0.15, -0.1) is 17.5 Å². The molecule has 0 heterocycles. The van der Waals surface area contributed by atoms with Gasteiger partial charge in [0, 0.05) is 0 Å². The quantitative estimate of drug-likeness (QED) is 0.202. The molecule has 0 bridgehead atoms. The van der Waals surface area contributed by atoms with Crippen molar-refractivity contribution in [2.75, 3.05) is 0 Å². The number of aryl methyl sites for hydroxylation is 4. The smallest absolute Gasteiger partial charge is 0.109 e. The summed E-state index contributed by atoms with van der Waals surface area (Å²) in [4.78, 5) is 0. The van der Waals surface area contributed by atoms with E-state index in [0.717, 1.165) is 12.8 Å². The number of allylic oxidation sites excluding steroid dienone is 4. The Labute approximate surface area is 256 Å². The molecule has 0 spiro atoms. The van der Waals surface area contributed by atoms with Crippen LogP contribution in [0.5, 0.6) is 0 Å². The van der Waals surface area contributed by atoms with Gasteiger partial charge in [0.15, 0.2) is 0 Å². The molecular weight excluding hydrogens is 599 g/mol. The van der Waals surface area contributed by atoms with Crippen molar-refractivity contribution in [1.29, 1.82) is 0 Å². The summed E-state index contributed by atoms with van der Waals surface area (Å²) in [6.07, 6.45) is 11.0. The molecule has 0 amide bonds. The van der Waals surface area contributed by atoms with E-state index in [1.807, 2.05) is 12.2 Å². The Morgan fingerprint density at radius 3 is 1.84 bits per heavy atom. The van der Waals surface area contributed by atoms with E-state index in [1.165, 1.54) is 54.9 Å². The molecule has 4 aromatic rings. The Hall–Kier alpha value is -1.96. The maximum atomic E-state index is 3.45. The van der Waals surface area contributed by atoms with Crippen molar-refractivity contribution in [2.24, 2.45) is 0 Å². The van der Waals surface area contributed by atoms with E-state index in [4.69, 9.17) is 0 Å². The zero-order valence-electron chi connectivity index (χ0n) is 22.4. The number of benzene rings is 4. The van der Waals surface area contributed by atoms with Gasteiger partial charge >= 0.3 is 113 Å². The number of rotatable bonds is 2. The van der Waals surface area contributed by atoms with E-state index in [-0.39, 0.29) is 24.8 Å². The second-order valence-corrected chi connectivity index (χ2v) is 15.1. The minimum atomic E-state index is -0.499. The molecule has 0 aromatic heterocycles. The maximum absolute atomic E-state index is 3.45. The van der Waals surface area contributed by atoms with Crippen LogP contribution in [0.2, 0.25) is 0 Å².